The van der Waals surface area contributed by atoms with Crippen LogP contribution in [0.4, 0.5) is 5.69 Å². The van der Waals surface area contributed by atoms with Crippen LogP contribution < -0.4 is 5.32 Å². The number of benzene rings is 2. The Bertz CT molecular complexity index is 1100. The first-order valence-electron chi connectivity index (χ1n) is 10.4. The van der Waals surface area contributed by atoms with E-state index in [1.54, 1.807) is 57.4 Å². The third kappa shape index (κ3) is 4.97. The molecular weight excluding hydrogens is 414 g/mol. The van der Waals surface area contributed by atoms with Crippen LogP contribution >= 0.6 is 0 Å². The Morgan fingerprint density at radius 3 is 2.52 bits per heavy atom. The molecule has 166 valence electrons. The summed E-state index contributed by atoms with van der Waals surface area (Å²) in [4.78, 5) is 26.7. The molecule has 0 radical (unpaired) electrons. The van der Waals surface area contributed by atoms with Crippen molar-refractivity contribution in [1.29, 1.82) is 0 Å². The van der Waals surface area contributed by atoms with E-state index in [1.165, 1.54) is 15.3 Å². The van der Waals surface area contributed by atoms with Crippen molar-refractivity contribution in [2.75, 3.05) is 26.0 Å². The highest BCUT2D eigenvalue weighted by Crippen LogP contribution is 2.27. The second-order valence-electron chi connectivity index (χ2n) is 8.17. The number of hydrogen-bond acceptors (Lipinski definition) is 4. The van der Waals surface area contributed by atoms with Crippen molar-refractivity contribution in [2.24, 2.45) is 0 Å². The van der Waals surface area contributed by atoms with Gasteiger partial charge >= 0.3 is 0 Å². The van der Waals surface area contributed by atoms with Gasteiger partial charge in [-0.1, -0.05) is 18.6 Å². The highest BCUT2D eigenvalue weighted by molar-refractivity contribution is 7.89. The molecule has 2 aromatic carbocycles. The first-order chi connectivity index (χ1) is 14.6. The molecule has 1 aliphatic heterocycles. The van der Waals surface area contributed by atoms with Gasteiger partial charge in [0.25, 0.3) is 11.8 Å². The number of amides is 2. The molecule has 2 aromatic rings. The number of sulfonamides is 1. The van der Waals surface area contributed by atoms with Crippen LogP contribution in [0.1, 0.15) is 52.5 Å². The molecule has 1 saturated heterocycles. The number of nitrogens with zero attached hydrogens (tertiary/aromatic N) is 2. The van der Waals surface area contributed by atoms with Crippen LogP contribution in [0.15, 0.2) is 47.4 Å². The van der Waals surface area contributed by atoms with E-state index in [-0.39, 0.29) is 22.4 Å². The number of piperidine rings is 1. The van der Waals surface area contributed by atoms with Crippen LogP contribution in [0.5, 0.6) is 0 Å². The lowest BCUT2D eigenvalue weighted by molar-refractivity contribution is 0.0827. The number of carbonyl (C=O) groups excluding carboxylic acids is 2. The van der Waals surface area contributed by atoms with Gasteiger partial charge in [0, 0.05) is 43.5 Å². The fourth-order valence-corrected chi connectivity index (χ4v) is 5.48. The largest absolute Gasteiger partial charge is 0.345 e. The van der Waals surface area contributed by atoms with Gasteiger partial charge in [0.05, 0.1) is 4.90 Å². The van der Waals surface area contributed by atoms with Crippen molar-refractivity contribution in [2.45, 2.75) is 44.0 Å². The lowest BCUT2D eigenvalue weighted by atomic mass is 10.1. The summed E-state index contributed by atoms with van der Waals surface area (Å²) in [7, 11) is -0.364. The normalized spacial score (nSPS) is 17.2. The Labute approximate surface area is 184 Å². The van der Waals surface area contributed by atoms with Gasteiger partial charge < -0.3 is 10.2 Å². The van der Waals surface area contributed by atoms with Gasteiger partial charge in [0.2, 0.25) is 10.0 Å². The van der Waals surface area contributed by atoms with Crippen LogP contribution in [0.2, 0.25) is 0 Å². The van der Waals surface area contributed by atoms with E-state index in [4.69, 9.17) is 0 Å². The summed E-state index contributed by atoms with van der Waals surface area (Å²) in [5, 5.41) is 2.78. The van der Waals surface area contributed by atoms with Crippen LogP contribution in [0.3, 0.4) is 0 Å². The van der Waals surface area contributed by atoms with Crippen LogP contribution in [-0.4, -0.2) is 56.1 Å². The molecule has 7 nitrogen and oxygen atoms in total. The van der Waals surface area contributed by atoms with Crippen molar-refractivity contribution in [3.05, 3.63) is 59.2 Å². The highest BCUT2D eigenvalue weighted by Gasteiger charge is 2.31. The van der Waals surface area contributed by atoms with E-state index in [0.717, 1.165) is 19.3 Å². The molecule has 1 aliphatic rings. The molecule has 0 aromatic heterocycles. The molecule has 0 saturated carbocycles. The summed E-state index contributed by atoms with van der Waals surface area (Å²) in [6.45, 7) is 4.17. The average molecular weight is 444 g/mol. The standard InChI is InChI=1S/C23H29N3O4S/c1-16-11-12-20(31(29,30)26-13-6-5-8-17(26)2)15-21(16)22(27)24-19-10-7-9-18(14-19)23(28)25(3)4/h7,9-12,14-15,17H,5-6,8,13H2,1-4H3,(H,24,27). The lowest BCUT2D eigenvalue weighted by Crippen LogP contribution is -2.42. The SMILES string of the molecule is Cc1ccc(S(=O)(=O)N2CCCCC2C)cc1C(=O)Nc1cccc(C(=O)N(C)C)c1. The zero-order valence-corrected chi connectivity index (χ0v) is 19.2. The molecule has 3 rings (SSSR count). The van der Waals surface area contributed by atoms with Gasteiger partial charge in [-0.05, 0) is 62.6 Å². The molecule has 31 heavy (non-hydrogen) atoms. The zero-order chi connectivity index (χ0) is 22.8. The Morgan fingerprint density at radius 1 is 1.10 bits per heavy atom. The second-order valence-corrected chi connectivity index (χ2v) is 10.1. The van der Waals surface area contributed by atoms with Gasteiger partial charge in [-0.2, -0.15) is 4.31 Å². The third-order valence-corrected chi connectivity index (χ3v) is 7.59. The molecule has 0 aliphatic carbocycles. The Balaban J connectivity index is 1.87. The molecule has 0 spiro atoms. The number of aryl methyl sites for hydroxylation is 1. The van der Waals surface area contributed by atoms with E-state index in [9.17, 15) is 18.0 Å². The molecule has 1 fully saturated rings. The lowest BCUT2D eigenvalue weighted by Gasteiger charge is -2.32. The van der Waals surface area contributed by atoms with Crippen LogP contribution in [-0.2, 0) is 10.0 Å². The number of carbonyl (C=O) groups is 2. The first-order valence-corrected chi connectivity index (χ1v) is 11.8. The van der Waals surface area contributed by atoms with Gasteiger partial charge in [-0.15, -0.1) is 0 Å². The monoisotopic (exact) mass is 443 g/mol. The number of anilines is 1. The second kappa shape index (κ2) is 9.20. The van der Waals surface area contributed by atoms with Crippen molar-refractivity contribution >= 4 is 27.5 Å². The van der Waals surface area contributed by atoms with Crippen LogP contribution in [0.25, 0.3) is 0 Å². The minimum Gasteiger partial charge on any atom is -0.345 e. The van der Waals surface area contributed by atoms with Gasteiger partial charge in [0.1, 0.15) is 0 Å². The maximum Gasteiger partial charge on any atom is 0.255 e. The predicted octanol–water partition coefficient (Wildman–Crippen LogP) is 3.51. The molecule has 1 atom stereocenters. The van der Waals surface area contributed by atoms with Crippen molar-refractivity contribution in [1.82, 2.24) is 9.21 Å². The number of rotatable bonds is 5. The van der Waals surface area contributed by atoms with E-state index in [1.807, 2.05) is 6.92 Å². The maximum atomic E-state index is 13.2. The Morgan fingerprint density at radius 2 is 1.84 bits per heavy atom. The topological polar surface area (TPSA) is 86.8 Å². The Kier molecular flexibility index (Phi) is 6.81. The summed E-state index contributed by atoms with van der Waals surface area (Å²) < 4.78 is 27.9. The fourth-order valence-electron chi connectivity index (χ4n) is 3.76. The van der Waals surface area contributed by atoms with Crippen molar-refractivity contribution in [3.63, 3.8) is 0 Å². The summed E-state index contributed by atoms with van der Waals surface area (Å²) in [6.07, 6.45) is 2.69. The van der Waals surface area contributed by atoms with Gasteiger partial charge in [-0.25, -0.2) is 8.42 Å². The smallest absolute Gasteiger partial charge is 0.255 e. The zero-order valence-electron chi connectivity index (χ0n) is 18.4. The van der Waals surface area contributed by atoms with Gasteiger partial charge in [-0.3, -0.25) is 9.59 Å². The number of hydrogen-bond donors (Lipinski definition) is 1. The molecule has 1 heterocycles. The number of nitrogens with one attached hydrogen (secondary N) is 1. The molecule has 1 N–H and O–H groups in total. The molecule has 1 unspecified atom stereocenters. The average Bonchev–Trinajstić information content (AvgIpc) is 2.73. The van der Waals surface area contributed by atoms with E-state index < -0.39 is 15.9 Å². The maximum absolute atomic E-state index is 13.2. The fraction of sp³-hybridized carbons (Fsp3) is 0.391. The molecule has 2 amide bonds. The van der Waals surface area contributed by atoms with Gasteiger partial charge in [0.15, 0.2) is 0 Å². The van der Waals surface area contributed by atoms with Crippen molar-refractivity contribution < 1.29 is 18.0 Å². The molecule has 8 heteroatoms. The summed E-state index contributed by atoms with van der Waals surface area (Å²) >= 11 is 0. The summed E-state index contributed by atoms with van der Waals surface area (Å²) in [6, 6.07) is 11.3. The third-order valence-electron chi connectivity index (χ3n) is 5.58. The quantitative estimate of drug-likeness (QED) is 0.766. The van der Waals surface area contributed by atoms with E-state index >= 15 is 0 Å². The summed E-state index contributed by atoms with van der Waals surface area (Å²) in [5.41, 5.74) is 1.88. The predicted molar refractivity (Wildman–Crippen MR) is 121 cm³/mol. The van der Waals surface area contributed by atoms with Crippen molar-refractivity contribution in [3.8, 4) is 0 Å². The minimum atomic E-state index is -3.68. The Hall–Kier alpha value is -2.71. The minimum absolute atomic E-state index is 0.0608. The first kappa shape index (κ1) is 23.0. The van der Waals surface area contributed by atoms with E-state index in [2.05, 4.69) is 5.32 Å². The molecule has 0 bridgehead atoms. The van der Waals surface area contributed by atoms with Crippen LogP contribution in [0, 0.1) is 6.92 Å². The summed E-state index contributed by atoms with van der Waals surface area (Å²) in [5.74, 6) is -0.591. The highest BCUT2D eigenvalue weighted by atomic mass is 32.2. The molecular formula is C23H29N3O4S. The van der Waals surface area contributed by atoms with E-state index in [0.29, 0.717) is 23.4 Å².